The van der Waals surface area contributed by atoms with Crippen LogP contribution in [0.2, 0.25) is 0 Å². The molecule has 1 aliphatic rings. The number of hydrogen-bond acceptors (Lipinski definition) is 6. The van der Waals surface area contributed by atoms with Crippen LogP contribution in [-0.2, 0) is 26.2 Å². The molecule has 1 aromatic heterocycles. The number of ether oxygens (including phenoxy) is 2. The minimum Gasteiger partial charge on any atom is -0.488 e. The van der Waals surface area contributed by atoms with E-state index in [1.165, 1.54) is 11.1 Å². The zero-order chi connectivity index (χ0) is 31.2. The Morgan fingerprint density at radius 3 is 2.24 bits per heavy atom. The number of fused-ring (bicyclic) bond motifs is 1. The topological polar surface area (TPSA) is 85.6 Å². The normalized spacial score (nSPS) is 12.5. The number of amides is 1. The second-order valence-corrected chi connectivity index (χ2v) is 11.6. The molecule has 7 nitrogen and oxygen atoms in total. The molecule has 4 aromatic carbocycles. The summed E-state index contributed by atoms with van der Waals surface area (Å²) >= 11 is 0. The molecule has 0 unspecified atom stereocenters. The second-order valence-electron chi connectivity index (χ2n) is 11.6. The molecule has 0 aliphatic carbocycles. The number of nitrogens with zero attached hydrogens (tertiary/aromatic N) is 1. The van der Waals surface area contributed by atoms with Crippen molar-refractivity contribution in [1.29, 1.82) is 0 Å². The van der Waals surface area contributed by atoms with Crippen LogP contribution >= 0.6 is 0 Å². The third-order valence-corrected chi connectivity index (χ3v) is 8.08. The molecule has 0 saturated heterocycles. The first kappa shape index (κ1) is 30.2. The van der Waals surface area contributed by atoms with E-state index in [1.807, 2.05) is 61.5 Å². The van der Waals surface area contributed by atoms with E-state index in [9.17, 15) is 4.79 Å². The summed E-state index contributed by atoms with van der Waals surface area (Å²) in [5.74, 6) is 1.38. The van der Waals surface area contributed by atoms with E-state index < -0.39 is 0 Å². The van der Waals surface area contributed by atoms with Gasteiger partial charge in [-0.1, -0.05) is 97.9 Å². The molecular formula is C38H39N3O4. The predicted octanol–water partition coefficient (Wildman–Crippen LogP) is 7.69. The van der Waals surface area contributed by atoms with E-state index in [2.05, 4.69) is 66.0 Å². The summed E-state index contributed by atoms with van der Waals surface area (Å²) in [6.07, 6.45) is 0.913. The fourth-order valence-electron chi connectivity index (χ4n) is 5.70. The van der Waals surface area contributed by atoms with E-state index in [0.717, 1.165) is 53.1 Å². The molecule has 1 amide bonds. The molecular weight excluding hydrogens is 562 g/mol. The summed E-state index contributed by atoms with van der Waals surface area (Å²) in [7, 11) is 0. The summed E-state index contributed by atoms with van der Waals surface area (Å²) in [5, 5.41) is 10.9. The number of carbonyl (C=O) groups is 1. The molecule has 45 heavy (non-hydrogen) atoms. The summed E-state index contributed by atoms with van der Waals surface area (Å²) < 4.78 is 18.8. The number of nitrogens with one attached hydrogen (secondary N) is 2. The highest BCUT2D eigenvalue weighted by atomic mass is 16.5. The van der Waals surface area contributed by atoms with Crippen LogP contribution < -0.4 is 20.1 Å². The number of carbonyl (C=O) groups excluding carboxylic acids is 1. The third-order valence-electron chi connectivity index (χ3n) is 8.08. The minimum absolute atomic E-state index is 0.146. The van der Waals surface area contributed by atoms with Crippen LogP contribution in [0.25, 0.3) is 22.4 Å². The molecule has 0 radical (unpaired) electrons. The SMILES string of the molecule is CCNC(=O)c1onc(-c2cc(C(C)C)c(OCc3ccccc3)cc2OCc2ccccc2)c1-c1ccc2c(c1)CCNC2. The van der Waals surface area contributed by atoms with Crippen molar-refractivity contribution in [1.82, 2.24) is 15.8 Å². The number of hydrogen-bond donors (Lipinski definition) is 2. The number of aromatic nitrogens is 1. The molecule has 0 fully saturated rings. The molecule has 0 spiro atoms. The van der Waals surface area contributed by atoms with E-state index in [4.69, 9.17) is 14.0 Å². The lowest BCUT2D eigenvalue weighted by molar-refractivity contribution is 0.0920. The van der Waals surface area contributed by atoms with E-state index in [0.29, 0.717) is 36.8 Å². The van der Waals surface area contributed by atoms with Gasteiger partial charge in [-0.3, -0.25) is 4.79 Å². The maximum absolute atomic E-state index is 13.3. The fraction of sp³-hybridized carbons (Fsp3) is 0.263. The van der Waals surface area contributed by atoms with Crippen LogP contribution in [0.3, 0.4) is 0 Å². The number of rotatable bonds is 11. The zero-order valence-corrected chi connectivity index (χ0v) is 26.1. The first-order valence-electron chi connectivity index (χ1n) is 15.6. The lowest BCUT2D eigenvalue weighted by Gasteiger charge is -2.20. The minimum atomic E-state index is -0.302. The van der Waals surface area contributed by atoms with Crippen molar-refractivity contribution in [2.75, 3.05) is 13.1 Å². The molecule has 0 atom stereocenters. The Bertz CT molecular complexity index is 1760. The largest absolute Gasteiger partial charge is 0.488 e. The Balaban J connectivity index is 1.49. The van der Waals surface area contributed by atoms with Crippen LogP contribution in [0.4, 0.5) is 0 Å². The molecule has 5 aromatic rings. The third kappa shape index (κ3) is 6.79. The average Bonchev–Trinajstić information content (AvgIpc) is 3.52. The van der Waals surface area contributed by atoms with Crippen LogP contribution in [0.15, 0.2) is 95.5 Å². The Hall–Kier alpha value is -4.88. The van der Waals surface area contributed by atoms with E-state index >= 15 is 0 Å². The highest BCUT2D eigenvalue weighted by Gasteiger charge is 2.28. The maximum atomic E-state index is 13.3. The molecule has 2 heterocycles. The van der Waals surface area contributed by atoms with Crippen LogP contribution in [0.1, 0.15) is 65.1 Å². The van der Waals surface area contributed by atoms with Gasteiger partial charge in [0.15, 0.2) is 0 Å². The zero-order valence-electron chi connectivity index (χ0n) is 26.1. The van der Waals surface area contributed by atoms with Gasteiger partial charge in [0.2, 0.25) is 5.76 Å². The van der Waals surface area contributed by atoms with Crippen LogP contribution in [-0.4, -0.2) is 24.2 Å². The highest BCUT2D eigenvalue weighted by molar-refractivity contribution is 6.02. The van der Waals surface area contributed by atoms with Crippen LogP contribution in [0.5, 0.6) is 11.5 Å². The fourth-order valence-corrected chi connectivity index (χ4v) is 5.70. The molecule has 0 saturated carbocycles. The van der Waals surface area contributed by atoms with Gasteiger partial charge >= 0.3 is 0 Å². The average molecular weight is 602 g/mol. The van der Waals surface area contributed by atoms with E-state index in [1.54, 1.807) is 0 Å². The second kappa shape index (κ2) is 13.8. The van der Waals surface area contributed by atoms with Crippen molar-refractivity contribution >= 4 is 5.91 Å². The lowest BCUT2D eigenvalue weighted by Crippen LogP contribution is -2.24. The van der Waals surface area contributed by atoms with Gasteiger partial charge in [0.05, 0.1) is 5.56 Å². The van der Waals surface area contributed by atoms with Gasteiger partial charge in [-0.05, 0) is 65.3 Å². The van der Waals surface area contributed by atoms with Gasteiger partial charge in [-0.15, -0.1) is 0 Å². The monoisotopic (exact) mass is 601 g/mol. The predicted molar refractivity (Wildman–Crippen MR) is 176 cm³/mol. The smallest absolute Gasteiger partial charge is 0.290 e. The highest BCUT2D eigenvalue weighted by Crippen LogP contribution is 2.44. The lowest BCUT2D eigenvalue weighted by atomic mass is 9.91. The summed E-state index contributed by atoms with van der Waals surface area (Å²) in [5.41, 5.74) is 8.49. The molecule has 7 heteroatoms. The summed E-state index contributed by atoms with van der Waals surface area (Å²) in [6, 6.07) is 30.5. The van der Waals surface area contributed by atoms with Gasteiger partial charge in [0.25, 0.3) is 5.91 Å². The Labute approximate surface area is 264 Å². The van der Waals surface area contributed by atoms with Gasteiger partial charge in [-0.2, -0.15) is 0 Å². The Kier molecular flexibility index (Phi) is 9.27. The summed E-state index contributed by atoms with van der Waals surface area (Å²) in [6.45, 7) is 9.17. The summed E-state index contributed by atoms with van der Waals surface area (Å²) in [4.78, 5) is 13.3. The van der Waals surface area contributed by atoms with Crippen LogP contribution in [0, 0.1) is 0 Å². The van der Waals surface area contributed by atoms with Crippen molar-refractivity contribution in [2.24, 2.45) is 0 Å². The maximum Gasteiger partial charge on any atom is 0.290 e. The Morgan fingerprint density at radius 2 is 1.58 bits per heavy atom. The number of benzene rings is 4. The van der Waals surface area contributed by atoms with Gasteiger partial charge in [-0.25, -0.2) is 0 Å². The first-order chi connectivity index (χ1) is 22.0. The quantitative estimate of drug-likeness (QED) is 0.162. The van der Waals surface area contributed by atoms with E-state index in [-0.39, 0.29) is 17.6 Å². The van der Waals surface area contributed by atoms with Crippen molar-refractivity contribution in [3.8, 4) is 33.9 Å². The standard InChI is InChI=1S/C38H39N3O4/c1-4-40-38(42)37-35(29-15-16-30-22-39-18-17-28(30)19-29)36(41-45-37)32-20-31(25(2)3)33(43-23-26-11-7-5-8-12-26)21-34(32)44-24-27-13-9-6-10-14-27/h5-16,19-21,25,39H,4,17-18,22-24H2,1-3H3,(H,40,42). The molecule has 6 rings (SSSR count). The first-order valence-corrected chi connectivity index (χ1v) is 15.6. The molecule has 0 bridgehead atoms. The van der Waals surface area contributed by atoms with Crippen molar-refractivity contribution in [3.63, 3.8) is 0 Å². The van der Waals surface area contributed by atoms with Crippen molar-refractivity contribution < 1.29 is 18.8 Å². The van der Waals surface area contributed by atoms with Crippen molar-refractivity contribution in [2.45, 2.75) is 52.9 Å². The van der Waals surface area contributed by atoms with Gasteiger partial charge in [0, 0.05) is 24.7 Å². The van der Waals surface area contributed by atoms with Gasteiger partial charge in [0.1, 0.15) is 30.4 Å². The molecule has 230 valence electrons. The Morgan fingerprint density at radius 1 is 0.889 bits per heavy atom. The molecule has 1 aliphatic heterocycles. The van der Waals surface area contributed by atoms with Gasteiger partial charge < -0.3 is 24.6 Å². The van der Waals surface area contributed by atoms with Crippen molar-refractivity contribution in [3.05, 3.63) is 125 Å². The molecule has 2 N–H and O–H groups in total.